The van der Waals surface area contributed by atoms with Crippen LogP contribution in [0.3, 0.4) is 0 Å². The van der Waals surface area contributed by atoms with Crippen LogP contribution in [0.2, 0.25) is 0 Å². The Morgan fingerprint density at radius 2 is 2.12 bits per heavy atom. The zero-order valence-electron chi connectivity index (χ0n) is 13.7. The molecule has 2 aromatic rings. The molecule has 2 heterocycles. The van der Waals surface area contributed by atoms with Gasteiger partial charge in [0.1, 0.15) is 5.82 Å². The minimum absolute atomic E-state index is 0.0115. The quantitative estimate of drug-likeness (QED) is 0.908. The number of carbonyl (C=O) groups excluding carboxylic acids is 1. The molecule has 126 valence electrons. The first-order valence-electron chi connectivity index (χ1n) is 8.41. The third kappa shape index (κ3) is 2.42. The second-order valence-electron chi connectivity index (χ2n) is 6.57. The molecule has 0 saturated heterocycles. The molecular formula is C18H21N3O3. The Hall–Kier alpha value is -2.50. The molecule has 0 unspecified atom stereocenters. The van der Waals surface area contributed by atoms with Crippen molar-refractivity contribution in [2.45, 2.75) is 44.1 Å². The number of phenolic OH excluding ortho intramolecular Hbond substituents is 1. The predicted octanol–water partition coefficient (Wildman–Crippen LogP) is 3.19. The molecular weight excluding hydrogens is 306 g/mol. The Bertz CT molecular complexity index is 778. The van der Waals surface area contributed by atoms with E-state index in [9.17, 15) is 9.90 Å². The molecule has 1 aliphatic heterocycles. The SMILES string of the molecule is COc1ccc([C@@H]2CC(=O)Nc3c2cnn3C2CCCC2)cc1O. The van der Waals surface area contributed by atoms with Gasteiger partial charge in [-0.25, -0.2) is 4.68 Å². The van der Waals surface area contributed by atoms with Crippen LogP contribution in [0.15, 0.2) is 24.4 Å². The van der Waals surface area contributed by atoms with Crippen molar-refractivity contribution >= 4 is 11.7 Å². The van der Waals surface area contributed by atoms with E-state index in [1.165, 1.54) is 20.0 Å². The number of nitrogens with one attached hydrogen (secondary N) is 1. The Balaban J connectivity index is 1.74. The van der Waals surface area contributed by atoms with Crippen molar-refractivity contribution in [2.24, 2.45) is 0 Å². The monoisotopic (exact) mass is 327 g/mol. The summed E-state index contributed by atoms with van der Waals surface area (Å²) in [6.07, 6.45) is 6.86. The van der Waals surface area contributed by atoms with Gasteiger partial charge in [0.05, 0.1) is 19.3 Å². The molecule has 0 radical (unpaired) electrons. The highest BCUT2D eigenvalue weighted by atomic mass is 16.5. The first-order chi connectivity index (χ1) is 11.7. The molecule has 2 N–H and O–H groups in total. The standard InChI is InChI=1S/C18H21N3O3/c1-24-16-7-6-11(8-15(16)22)13-9-17(23)20-18-14(13)10-19-21(18)12-4-2-3-5-12/h6-8,10,12-13,22H,2-5,9H2,1H3,(H,20,23)/t13-/m0/s1. The lowest BCUT2D eigenvalue weighted by Gasteiger charge is -2.25. The summed E-state index contributed by atoms with van der Waals surface area (Å²) in [5, 5.41) is 17.6. The van der Waals surface area contributed by atoms with Crippen molar-refractivity contribution in [3.63, 3.8) is 0 Å². The number of aromatic nitrogens is 2. The Labute approximate surface area is 140 Å². The van der Waals surface area contributed by atoms with Gasteiger partial charge in [-0.3, -0.25) is 4.79 Å². The fraction of sp³-hybridized carbons (Fsp3) is 0.444. The highest BCUT2D eigenvalue weighted by molar-refractivity contribution is 5.94. The predicted molar refractivity (Wildman–Crippen MR) is 89.5 cm³/mol. The van der Waals surface area contributed by atoms with Crippen LogP contribution in [0.1, 0.15) is 55.2 Å². The minimum atomic E-state index is -0.0966. The van der Waals surface area contributed by atoms with Crippen LogP contribution in [-0.4, -0.2) is 27.9 Å². The Morgan fingerprint density at radius 3 is 2.83 bits per heavy atom. The van der Waals surface area contributed by atoms with Crippen LogP contribution < -0.4 is 10.1 Å². The van der Waals surface area contributed by atoms with Crippen molar-refractivity contribution in [2.75, 3.05) is 12.4 Å². The zero-order valence-corrected chi connectivity index (χ0v) is 13.7. The number of methoxy groups -OCH3 is 1. The van der Waals surface area contributed by atoms with E-state index in [0.29, 0.717) is 18.2 Å². The summed E-state index contributed by atoms with van der Waals surface area (Å²) in [7, 11) is 1.52. The lowest BCUT2D eigenvalue weighted by molar-refractivity contribution is -0.116. The summed E-state index contributed by atoms with van der Waals surface area (Å²) in [6.45, 7) is 0. The first-order valence-corrected chi connectivity index (χ1v) is 8.41. The summed E-state index contributed by atoms with van der Waals surface area (Å²) in [5.74, 6) is 1.23. The number of rotatable bonds is 3. The minimum Gasteiger partial charge on any atom is -0.504 e. The molecule has 6 nitrogen and oxygen atoms in total. The molecule has 2 aliphatic rings. The third-order valence-corrected chi connectivity index (χ3v) is 5.12. The maximum absolute atomic E-state index is 12.2. The van der Waals surface area contributed by atoms with Gasteiger partial charge in [0.2, 0.25) is 5.91 Å². The summed E-state index contributed by atoms with van der Waals surface area (Å²) >= 11 is 0. The van der Waals surface area contributed by atoms with E-state index in [2.05, 4.69) is 10.4 Å². The highest BCUT2D eigenvalue weighted by Crippen LogP contribution is 2.42. The van der Waals surface area contributed by atoms with Gasteiger partial charge in [0.25, 0.3) is 0 Å². The van der Waals surface area contributed by atoms with Crippen LogP contribution in [0.25, 0.3) is 0 Å². The number of anilines is 1. The third-order valence-electron chi connectivity index (χ3n) is 5.12. The number of hydrogen-bond donors (Lipinski definition) is 2. The van der Waals surface area contributed by atoms with Gasteiger partial charge in [-0.1, -0.05) is 18.9 Å². The summed E-state index contributed by atoms with van der Waals surface area (Å²) < 4.78 is 7.09. The number of ether oxygens (including phenoxy) is 1. The van der Waals surface area contributed by atoms with Gasteiger partial charge in [0.15, 0.2) is 11.5 Å². The molecule has 1 fully saturated rings. The van der Waals surface area contributed by atoms with E-state index in [1.54, 1.807) is 12.1 Å². The number of hydrogen-bond acceptors (Lipinski definition) is 4. The van der Waals surface area contributed by atoms with Gasteiger partial charge in [-0.2, -0.15) is 5.10 Å². The summed E-state index contributed by atoms with van der Waals surface area (Å²) in [6, 6.07) is 5.69. The van der Waals surface area contributed by atoms with E-state index >= 15 is 0 Å². The normalized spacial score (nSPS) is 20.7. The second-order valence-corrected chi connectivity index (χ2v) is 6.57. The van der Waals surface area contributed by atoms with Gasteiger partial charge in [0, 0.05) is 17.9 Å². The largest absolute Gasteiger partial charge is 0.504 e. The lowest BCUT2D eigenvalue weighted by atomic mass is 9.87. The lowest BCUT2D eigenvalue weighted by Crippen LogP contribution is -2.25. The zero-order chi connectivity index (χ0) is 16.7. The van der Waals surface area contributed by atoms with E-state index in [4.69, 9.17) is 4.74 Å². The van der Waals surface area contributed by atoms with Crippen LogP contribution in [0.5, 0.6) is 11.5 Å². The van der Waals surface area contributed by atoms with Gasteiger partial charge in [-0.15, -0.1) is 0 Å². The van der Waals surface area contributed by atoms with Crippen molar-refractivity contribution < 1.29 is 14.6 Å². The van der Waals surface area contributed by atoms with Crippen LogP contribution >= 0.6 is 0 Å². The number of aromatic hydroxyl groups is 1. The van der Waals surface area contributed by atoms with Crippen molar-refractivity contribution in [1.82, 2.24) is 9.78 Å². The number of phenols is 1. The highest BCUT2D eigenvalue weighted by Gasteiger charge is 2.32. The van der Waals surface area contributed by atoms with Crippen molar-refractivity contribution in [3.8, 4) is 11.5 Å². The number of carbonyl (C=O) groups is 1. The van der Waals surface area contributed by atoms with Crippen LogP contribution in [-0.2, 0) is 4.79 Å². The maximum atomic E-state index is 12.2. The maximum Gasteiger partial charge on any atom is 0.226 e. The van der Waals surface area contributed by atoms with E-state index in [1.807, 2.05) is 16.9 Å². The Morgan fingerprint density at radius 1 is 1.33 bits per heavy atom. The summed E-state index contributed by atoms with van der Waals surface area (Å²) in [5.41, 5.74) is 1.92. The molecule has 0 bridgehead atoms. The first kappa shape index (κ1) is 15.1. The van der Waals surface area contributed by atoms with E-state index < -0.39 is 0 Å². The fourth-order valence-electron chi connectivity index (χ4n) is 3.89. The summed E-state index contributed by atoms with van der Waals surface area (Å²) in [4.78, 5) is 12.2. The molecule has 1 aliphatic carbocycles. The molecule has 1 aromatic heterocycles. The smallest absolute Gasteiger partial charge is 0.226 e. The Kier molecular flexibility index (Phi) is 3.67. The second kappa shape index (κ2) is 5.85. The van der Waals surface area contributed by atoms with E-state index in [0.717, 1.165) is 29.8 Å². The van der Waals surface area contributed by atoms with Gasteiger partial charge in [-0.05, 0) is 30.5 Å². The average molecular weight is 327 g/mol. The van der Waals surface area contributed by atoms with Crippen molar-refractivity contribution in [1.29, 1.82) is 0 Å². The number of amides is 1. The van der Waals surface area contributed by atoms with Crippen LogP contribution in [0.4, 0.5) is 5.82 Å². The molecule has 24 heavy (non-hydrogen) atoms. The van der Waals surface area contributed by atoms with Crippen LogP contribution in [0, 0.1) is 0 Å². The molecule has 1 amide bonds. The topological polar surface area (TPSA) is 76.4 Å². The molecule has 6 heteroatoms. The molecule has 1 aromatic carbocycles. The number of benzene rings is 1. The van der Waals surface area contributed by atoms with Crippen molar-refractivity contribution in [3.05, 3.63) is 35.5 Å². The molecule has 1 atom stereocenters. The molecule has 4 rings (SSSR count). The number of nitrogens with zero attached hydrogens (tertiary/aromatic N) is 2. The molecule has 1 saturated carbocycles. The number of fused-ring (bicyclic) bond motifs is 1. The van der Waals surface area contributed by atoms with Gasteiger partial charge < -0.3 is 15.2 Å². The van der Waals surface area contributed by atoms with E-state index in [-0.39, 0.29) is 17.6 Å². The fourth-order valence-corrected chi connectivity index (χ4v) is 3.89. The average Bonchev–Trinajstić information content (AvgIpc) is 3.22. The van der Waals surface area contributed by atoms with Gasteiger partial charge >= 0.3 is 0 Å². The molecule has 0 spiro atoms.